The number of halogens is 4. The molecule has 24 heavy (non-hydrogen) atoms. The molecule has 14 heteroatoms. The molecule has 0 spiro atoms. The van der Waals surface area contributed by atoms with E-state index in [0.717, 1.165) is 11.0 Å². The summed E-state index contributed by atoms with van der Waals surface area (Å²) in [5, 5.41) is 26.6. The van der Waals surface area contributed by atoms with Gasteiger partial charge in [0.05, 0.1) is 6.54 Å². The number of nitro groups is 1. The molecule has 0 aromatic carbocycles. The van der Waals surface area contributed by atoms with E-state index < -0.39 is 53.9 Å². The van der Waals surface area contributed by atoms with Crippen LogP contribution in [0.2, 0.25) is 0 Å². The van der Waals surface area contributed by atoms with Crippen molar-refractivity contribution >= 4 is 17.6 Å². The third kappa shape index (κ3) is 3.32. The minimum Gasteiger partial charge on any atom is -0.390 e. The smallest absolute Gasteiger partial charge is 0.390 e. The van der Waals surface area contributed by atoms with E-state index in [4.69, 9.17) is 0 Å². The van der Waals surface area contributed by atoms with Gasteiger partial charge in [0.2, 0.25) is 18.0 Å². The summed E-state index contributed by atoms with van der Waals surface area (Å²) in [5.41, 5.74) is -4.19. The maximum absolute atomic E-state index is 13.0. The van der Waals surface area contributed by atoms with Crippen LogP contribution >= 0.6 is 0 Å². The highest BCUT2D eigenvalue weighted by atomic mass is 19.3. The quantitative estimate of drug-likeness (QED) is 0.447. The molecule has 1 aromatic heterocycles. The molecule has 132 valence electrons. The molecule has 10 nitrogen and oxygen atoms in total. The van der Waals surface area contributed by atoms with Gasteiger partial charge in [0.1, 0.15) is 5.71 Å². The fraction of sp³-hybridized carbons (Fsp3) is 0.600. The van der Waals surface area contributed by atoms with Crippen LogP contribution in [0.1, 0.15) is 12.8 Å². The number of hydrogen-bond acceptors (Lipinski definition) is 7. The second-order valence-corrected chi connectivity index (χ2v) is 4.77. The molecule has 1 aromatic rings. The van der Waals surface area contributed by atoms with Gasteiger partial charge in [-0.2, -0.15) is 14.8 Å². The fourth-order valence-electron chi connectivity index (χ4n) is 1.95. The zero-order valence-corrected chi connectivity index (χ0v) is 11.7. The highest BCUT2D eigenvalue weighted by Gasteiger charge is 2.53. The number of aryl methyl sites for hydroxylation is 1. The molecule has 0 saturated heterocycles. The average molecular weight is 354 g/mol. The summed E-state index contributed by atoms with van der Waals surface area (Å²) in [6, 6.07) is 0. The summed E-state index contributed by atoms with van der Waals surface area (Å²) in [7, 11) is 0. The Bertz CT molecular complexity index is 680. The first-order valence-electron chi connectivity index (χ1n) is 6.38. The van der Waals surface area contributed by atoms with Gasteiger partial charge in [0.15, 0.2) is 0 Å². The van der Waals surface area contributed by atoms with Crippen molar-refractivity contribution in [2.75, 3.05) is 0 Å². The van der Waals surface area contributed by atoms with Crippen molar-refractivity contribution < 1.29 is 32.4 Å². The van der Waals surface area contributed by atoms with Crippen LogP contribution in [-0.2, 0) is 11.3 Å². The number of alkyl halides is 4. The van der Waals surface area contributed by atoms with Crippen LogP contribution in [0.25, 0.3) is 0 Å². The van der Waals surface area contributed by atoms with Gasteiger partial charge < -0.3 is 15.2 Å². The molecule has 1 atom stereocenters. The van der Waals surface area contributed by atoms with E-state index in [1.807, 2.05) is 0 Å². The lowest BCUT2D eigenvalue weighted by Gasteiger charge is -2.29. The van der Waals surface area contributed by atoms with Crippen molar-refractivity contribution in [3.05, 3.63) is 16.4 Å². The number of aromatic nitrogens is 3. The number of carbonyl (C=O) groups is 1. The van der Waals surface area contributed by atoms with Gasteiger partial charge in [0, 0.05) is 17.9 Å². The molecule has 0 fully saturated rings. The monoisotopic (exact) mass is 354 g/mol. The number of nitrogens with zero attached hydrogens (tertiary/aromatic N) is 6. The number of hydrogen-bond donors (Lipinski definition) is 1. The summed E-state index contributed by atoms with van der Waals surface area (Å²) in [4.78, 5) is 24.8. The molecule has 1 N–H and O–H groups in total. The maximum atomic E-state index is 13.0. The average Bonchev–Trinajstić information content (AvgIpc) is 3.10. The molecular formula is C10H10F4N6O4. The Morgan fingerprint density at radius 2 is 2.12 bits per heavy atom. The van der Waals surface area contributed by atoms with Gasteiger partial charge in [-0.1, -0.05) is 4.98 Å². The minimum absolute atomic E-state index is 0.0789. The molecule has 0 bridgehead atoms. The molecule has 2 rings (SSSR count). The summed E-state index contributed by atoms with van der Waals surface area (Å²) < 4.78 is 52.0. The van der Waals surface area contributed by atoms with E-state index in [2.05, 4.69) is 15.2 Å². The Kier molecular flexibility index (Phi) is 4.77. The van der Waals surface area contributed by atoms with Crippen LogP contribution in [0.15, 0.2) is 11.4 Å². The van der Waals surface area contributed by atoms with Gasteiger partial charge in [-0.25, -0.2) is 17.6 Å². The van der Waals surface area contributed by atoms with Crippen LogP contribution in [0.5, 0.6) is 0 Å². The Hall–Kier alpha value is -2.64. The third-order valence-electron chi connectivity index (χ3n) is 3.12. The first-order chi connectivity index (χ1) is 11.1. The highest BCUT2D eigenvalue weighted by Crippen LogP contribution is 2.33. The predicted molar refractivity (Wildman–Crippen MR) is 67.1 cm³/mol. The fourth-order valence-corrected chi connectivity index (χ4v) is 1.95. The number of rotatable bonds is 6. The highest BCUT2D eigenvalue weighted by molar-refractivity contribution is 5.92. The Labute approximate surface area is 130 Å². The van der Waals surface area contributed by atoms with Crippen LogP contribution < -0.4 is 0 Å². The van der Waals surface area contributed by atoms with Crippen molar-refractivity contribution in [3.63, 3.8) is 0 Å². The molecule has 1 amide bonds. The normalized spacial score (nSPS) is 20.8. The number of hydrazone groups is 1. The van der Waals surface area contributed by atoms with E-state index >= 15 is 0 Å². The topological polar surface area (TPSA) is 127 Å². The lowest BCUT2D eigenvalue weighted by atomic mass is 10.1. The lowest BCUT2D eigenvalue weighted by molar-refractivity contribution is -0.394. The van der Waals surface area contributed by atoms with Crippen molar-refractivity contribution in [2.45, 2.75) is 38.0 Å². The van der Waals surface area contributed by atoms with E-state index in [-0.39, 0.29) is 11.6 Å². The molecule has 0 unspecified atom stereocenters. The largest absolute Gasteiger partial charge is 0.490 e. The van der Waals surface area contributed by atoms with Gasteiger partial charge >= 0.3 is 5.95 Å². The zero-order chi connectivity index (χ0) is 18.1. The maximum Gasteiger partial charge on any atom is 0.490 e. The van der Waals surface area contributed by atoms with Gasteiger partial charge in [0.25, 0.3) is 12.9 Å². The molecule has 1 aliphatic heterocycles. The van der Waals surface area contributed by atoms with E-state index in [1.165, 1.54) is 0 Å². The van der Waals surface area contributed by atoms with Crippen molar-refractivity contribution in [2.24, 2.45) is 5.10 Å². The summed E-state index contributed by atoms with van der Waals surface area (Å²) in [6.07, 6.45) is -7.54. The number of amides is 1. The molecule has 0 aliphatic carbocycles. The van der Waals surface area contributed by atoms with E-state index in [9.17, 15) is 37.6 Å². The van der Waals surface area contributed by atoms with Crippen LogP contribution in [0, 0.1) is 10.1 Å². The predicted octanol–water partition coefficient (Wildman–Crippen LogP) is 0.384. The summed E-state index contributed by atoms with van der Waals surface area (Å²) in [6.45, 7) is -0.310. The molecule has 0 saturated carbocycles. The number of carbonyl (C=O) groups excluding carboxylic acids is 1. The van der Waals surface area contributed by atoms with Crippen molar-refractivity contribution in [1.82, 2.24) is 19.8 Å². The van der Waals surface area contributed by atoms with Crippen LogP contribution in [-0.4, -0.2) is 60.0 Å². The Balaban J connectivity index is 2.09. The molecule has 0 radical (unpaired) electrons. The van der Waals surface area contributed by atoms with E-state index in [0.29, 0.717) is 0 Å². The van der Waals surface area contributed by atoms with Gasteiger partial charge in [-0.15, -0.1) is 0 Å². The number of aliphatic hydroxyl groups is 1. The van der Waals surface area contributed by atoms with Crippen LogP contribution in [0.3, 0.4) is 0 Å². The van der Waals surface area contributed by atoms with Crippen molar-refractivity contribution in [1.29, 1.82) is 0 Å². The van der Waals surface area contributed by atoms with Crippen LogP contribution in [0.4, 0.5) is 23.5 Å². The second kappa shape index (κ2) is 6.46. The molecule has 2 heterocycles. The minimum atomic E-state index is -3.52. The van der Waals surface area contributed by atoms with Gasteiger partial charge in [-0.3, -0.25) is 4.79 Å². The van der Waals surface area contributed by atoms with E-state index in [1.54, 1.807) is 0 Å². The SMILES string of the molecule is O=C(CCn1cnc([N+](=O)[O-])n1)N1N=C(C(F)F)C[C@]1(O)C(F)F. The third-order valence-corrected chi connectivity index (χ3v) is 3.12. The van der Waals surface area contributed by atoms with Crippen molar-refractivity contribution in [3.8, 4) is 0 Å². The molecular weight excluding hydrogens is 344 g/mol. The first-order valence-corrected chi connectivity index (χ1v) is 6.38. The zero-order valence-electron chi connectivity index (χ0n) is 11.7. The Morgan fingerprint density at radius 1 is 1.46 bits per heavy atom. The lowest BCUT2D eigenvalue weighted by Crippen LogP contribution is -2.51. The summed E-state index contributed by atoms with van der Waals surface area (Å²) in [5.74, 6) is -1.91. The standard InChI is InChI=1S/C10H10F4N6O4/c11-7(12)5-3-10(22,8(13)14)19(16-5)6(21)1-2-18-4-15-9(17-18)20(23)24/h4,7-8,22H,1-3H2/t10-/m0/s1. The Morgan fingerprint density at radius 3 is 2.62 bits per heavy atom. The molecule has 1 aliphatic rings. The van der Waals surface area contributed by atoms with Gasteiger partial charge in [-0.05, 0) is 4.92 Å². The second-order valence-electron chi connectivity index (χ2n) is 4.77. The summed E-state index contributed by atoms with van der Waals surface area (Å²) >= 11 is 0. The first kappa shape index (κ1) is 17.7.